The number of nitrogens with zero attached hydrogens (tertiary/aromatic N) is 5. The highest BCUT2D eigenvalue weighted by atomic mass is 19.4. The number of hydrogen-bond donors (Lipinski definition) is 1. The van der Waals surface area contributed by atoms with Crippen LogP contribution in [0, 0.1) is 29.6 Å². The smallest absolute Gasteiger partial charge is 0.391 e. The first-order valence-corrected chi connectivity index (χ1v) is 14.3. The lowest BCUT2D eigenvalue weighted by molar-refractivity contribution is -0.173. The van der Waals surface area contributed by atoms with Gasteiger partial charge in [-0.3, -0.25) is 15.0 Å². The Kier molecular flexibility index (Phi) is 10.8. The minimum atomic E-state index is -4.27. The second kappa shape index (κ2) is 13.7. The molecule has 1 heterocycles. The van der Waals surface area contributed by atoms with Gasteiger partial charge in [-0.15, -0.1) is 0 Å². The molecule has 0 aromatic carbocycles. The molecular weight excluding hydrogens is 501 g/mol. The first-order valence-electron chi connectivity index (χ1n) is 14.3. The number of halogens is 3. The molecule has 0 radical (unpaired) electrons. The lowest BCUT2D eigenvalue weighted by atomic mass is 9.78. The van der Waals surface area contributed by atoms with Gasteiger partial charge >= 0.3 is 6.18 Å². The Morgan fingerprint density at radius 3 is 2.44 bits per heavy atom. The fourth-order valence-electron chi connectivity index (χ4n) is 5.74. The lowest BCUT2D eigenvalue weighted by Crippen LogP contribution is -2.26. The molecule has 0 spiro atoms. The Hall–Kier alpha value is -2.58. The molecule has 0 bridgehead atoms. The normalized spacial score (nSPS) is 30.5. The van der Waals surface area contributed by atoms with Crippen molar-refractivity contribution in [3.8, 4) is 0 Å². The van der Waals surface area contributed by atoms with Crippen LogP contribution in [0.25, 0.3) is 0 Å². The van der Waals surface area contributed by atoms with Gasteiger partial charge in [0, 0.05) is 18.7 Å². The van der Waals surface area contributed by atoms with Crippen molar-refractivity contribution in [2.24, 2.45) is 60.3 Å². The van der Waals surface area contributed by atoms with Crippen LogP contribution in [0.4, 0.5) is 13.2 Å². The van der Waals surface area contributed by atoms with Crippen LogP contribution in [-0.2, 0) is 0 Å². The molecular formula is C30H45F3N6. The Balaban J connectivity index is 1.80. The summed E-state index contributed by atoms with van der Waals surface area (Å²) in [5, 5.41) is 0. The molecule has 4 atom stereocenters. The van der Waals surface area contributed by atoms with Crippen molar-refractivity contribution in [2.75, 3.05) is 6.54 Å². The zero-order chi connectivity index (χ0) is 28.7. The van der Waals surface area contributed by atoms with E-state index in [4.69, 9.17) is 25.7 Å². The van der Waals surface area contributed by atoms with Crippen LogP contribution >= 0.6 is 0 Å². The van der Waals surface area contributed by atoms with Crippen molar-refractivity contribution >= 4 is 30.2 Å². The molecule has 0 aromatic heterocycles. The van der Waals surface area contributed by atoms with Crippen molar-refractivity contribution in [1.82, 2.24) is 0 Å². The van der Waals surface area contributed by atoms with E-state index in [9.17, 15) is 13.2 Å². The number of amidine groups is 1. The van der Waals surface area contributed by atoms with Crippen LogP contribution in [0.1, 0.15) is 86.0 Å². The number of nitrogens with two attached hydrogens (primary N) is 1. The summed E-state index contributed by atoms with van der Waals surface area (Å²) in [6.45, 7) is 13.3. The third kappa shape index (κ3) is 8.21. The maximum absolute atomic E-state index is 13.4. The second-order valence-electron chi connectivity index (χ2n) is 11.6. The molecule has 1 aliphatic heterocycles. The van der Waals surface area contributed by atoms with Gasteiger partial charge in [0.25, 0.3) is 0 Å². The van der Waals surface area contributed by atoms with E-state index in [1.165, 1.54) is 6.92 Å². The van der Waals surface area contributed by atoms with Gasteiger partial charge in [-0.25, -0.2) is 9.98 Å². The molecule has 4 unspecified atom stereocenters. The van der Waals surface area contributed by atoms with Crippen LogP contribution < -0.4 is 5.73 Å². The first-order chi connectivity index (χ1) is 18.5. The fraction of sp³-hybridized carbons (Fsp3) is 0.700. The van der Waals surface area contributed by atoms with Crippen molar-refractivity contribution in [1.29, 1.82) is 0 Å². The van der Waals surface area contributed by atoms with Crippen LogP contribution in [0.3, 0.4) is 0 Å². The molecule has 2 saturated carbocycles. The van der Waals surface area contributed by atoms with E-state index in [-0.39, 0.29) is 6.42 Å². The van der Waals surface area contributed by atoms with E-state index in [2.05, 4.69) is 18.6 Å². The summed E-state index contributed by atoms with van der Waals surface area (Å²) in [5.41, 5.74) is 9.45. The topological polar surface area (TPSA) is 87.8 Å². The minimum absolute atomic E-state index is 0.0811. The van der Waals surface area contributed by atoms with Gasteiger partial charge in [-0.2, -0.15) is 13.2 Å². The number of aliphatic imine (C=N–C) groups is 5. The van der Waals surface area contributed by atoms with Gasteiger partial charge in [0.15, 0.2) is 5.84 Å². The molecule has 3 rings (SSSR count). The Morgan fingerprint density at radius 2 is 1.85 bits per heavy atom. The molecule has 0 aromatic rings. The van der Waals surface area contributed by atoms with Crippen LogP contribution in [0.2, 0.25) is 0 Å². The van der Waals surface area contributed by atoms with Crippen molar-refractivity contribution in [3.05, 3.63) is 23.2 Å². The standard InChI is InChI=1S/C30H45F3N6/c1-7-23(13-19(3)30(31,32)33)27(35-6)28-29(39-21(5)20(4)38-28)37-16-22-9-8-10-24(14-22)25(15-34)17-36-26-11-18(2)12-26/h15,17-19,22-24,26H,6-14,16,34H2,1-5H3/b25-15+,28-27+,36-17?,37-29?. The molecule has 0 saturated heterocycles. The summed E-state index contributed by atoms with van der Waals surface area (Å²) in [4.78, 5) is 23.2. The fourth-order valence-corrected chi connectivity index (χ4v) is 5.74. The van der Waals surface area contributed by atoms with Crippen LogP contribution in [0.5, 0.6) is 0 Å². The van der Waals surface area contributed by atoms with E-state index < -0.39 is 18.0 Å². The first kappa shape index (κ1) is 31.0. The van der Waals surface area contributed by atoms with Crippen molar-refractivity contribution < 1.29 is 13.2 Å². The highest BCUT2D eigenvalue weighted by Gasteiger charge is 2.38. The quantitative estimate of drug-likeness (QED) is 0.285. The van der Waals surface area contributed by atoms with Crippen molar-refractivity contribution in [2.45, 2.75) is 98.2 Å². The van der Waals surface area contributed by atoms with E-state index in [0.29, 0.717) is 53.8 Å². The van der Waals surface area contributed by atoms with Gasteiger partial charge in [-0.05, 0) is 95.0 Å². The highest BCUT2D eigenvalue weighted by Crippen LogP contribution is 2.37. The molecule has 2 N–H and O–H groups in total. The third-order valence-corrected chi connectivity index (χ3v) is 8.51. The monoisotopic (exact) mass is 546 g/mol. The predicted molar refractivity (Wildman–Crippen MR) is 157 cm³/mol. The number of rotatable bonds is 10. The molecule has 9 heteroatoms. The van der Waals surface area contributed by atoms with Gasteiger partial charge in [0.2, 0.25) is 0 Å². The van der Waals surface area contributed by atoms with Crippen LogP contribution in [0.15, 0.2) is 48.1 Å². The van der Waals surface area contributed by atoms with E-state index in [0.717, 1.165) is 55.7 Å². The molecule has 0 amide bonds. The summed E-state index contributed by atoms with van der Waals surface area (Å²) < 4.78 is 40.1. The molecule has 216 valence electrons. The number of alkyl halides is 3. The van der Waals surface area contributed by atoms with Gasteiger partial charge in [0.1, 0.15) is 5.70 Å². The number of hydrogen-bond acceptors (Lipinski definition) is 5. The van der Waals surface area contributed by atoms with Gasteiger partial charge < -0.3 is 5.73 Å². The summed E-state index contributed by atoms with van der Waals surface area (Å²) in [6.07, 6.45) is 6.30. The molecule has 39 heavy (non-hydrogen) atoms. The minimum Gasteiger partial charge on any atom is -0.404 e. The van der Waals surface area contributed by atoms with Crippen LogP contribution in [-0.4, -0.2) is 49.0 Å². The van der Waals surface area contributed by atoms with Gasteiger partial charge in [0.05, 0.1) is 29.1 Å². The third-order valence-electron chi connectivity index (χ3n) is 8.51. The summed E-state index contributed by atoms with van der Waals surface area (Å²) in [6, 6.07) is 0.418. The number of allylic oxidation sites excluding steroid dienone is 2. The van der Waals surface area contributed by atoms with E-state index in [1.54, 1.807) is 6.20 Å². The highest BCUT2D eigenvalue weighted by molar-refractivity contribution is 6.44. The zero-order valence-electron chi connectivity index (χ0n) is 24.1. The van der Waals surface area contributed by atoms with E-state index in [1.807, 2.05) is 27.0 Å². The Labute approximate surface area is 231 Å². The van der Waals surface area contributed by atoms with E-state index >= 15 is 0 Å². The SMILES string of the molecule is C=N/C(=C1/N=C(C)C(C)=NC1=NCC1CCCC(/C(C=NC2CC(C)C2)=C/N)C1)C(CC)CC(C)C(F)(F)F. The zero-order valence-corrected chi connectivity index (χ0v) is 24.1. The molecule has 2 aliphatic carbocycles. The van der Waals surface area contributed by atoms with Gasteiger partial charge in [-0.1, -0.05) is 27.2 Å². The van der Waals surface area contributed by atoms with Crippen molar-refractivity contribution in [3.63, 3.8) is 0 Å². The second-order valence-corrected chi connectivity index (χ2v) is 11.6. The Bertz CT molecular complexity index is 1060. The lowest BCUT2D eigenvalue weighted by Gasteiger charge is -2.31. The molecule has 3 aliphatic rings. The summed E-state index contributed by atoms with van der Waals surface area (Å²) in [7, 11) is 0. The average molecular weight is 547 g/mol. The predicted octanol–water partition coefficient (Wildman–Crippen LogP) is 7.37. The Morgan fingerprint density at radius 1 is 1.15 bits per heavy atom. The maximum atomic E-state index is 13.4. The molecule has 2 fully saturated rings. The molecule has 6 nitrogen and oxygen atoms in total. The maximum Gasteiger partial charge on any atom is 0.391 e. The summed E-state index contributed by atoms with van der Waals surface area (Å²) >= 11 is 0. The largest absolute Gasteiger partial charge is 0.404 e. The average Bonchev–Trinajstić information content (AvgIpc) is 2.88. The summed E-state index contributed by atoms with van der Waals surface area (Å²) in [5.74, 6) is -0.0134.